The summed E-state index contributed by atoms with van der Waals surface area (Å²) in [6.45, 7) is 1.02. The summed E-state index contributed by atoms with van der Waals surface area (Å²) in [6, 6.07) is 5.32. The molecule has 2 rings (SSSR count). The molecule has 0 N–H and O–H groups in total. The smallest absolute Gasteiger partial charge is 0.255 e. The van der Waals surface area contributed by atoms with Crippen LogP contribution in [0.3, 0.4) is 0 Å². The second-order valence-corrected chi connectivity index (χ2v) is 5.59. The van der Waals surface area contributed by atoms with Crippen molar-refractivity contribution < 1.29 is 14.3 Å². The normalized spacial score (nSPS) is 22.8. The van der Waals surface area contributed by atoms with Crippen molar-refractivity contribution in [1.29, 1.82) is 0 Å². The minimum atomic E-state index is -0.104. The number of carbonyl (C=O) groups is 1. The van der Waals surface area contributed by atoms with Crippen molar-refractivity contribution in [2.75, 3.05) is 27.3 Å². The molecule has 0 aliphatic carbocycles. The van der Waals surface area contributed by atoms with Gasteiger partial charge < -0.3 is 14.4 Å². The fraction of sp³-hybridized carbons (Fsp3) is 0.462. The van der Waals surface area contributed by atoms with Crippen LogP contribution in [0.5, 0.6) is 0 Å². The molecule has 0 radical (unpaired) electrons. The summed E-state index contributed by atoms with van der Waals surface area (Å²) in [5, 5.41) is 0.433. The Bertz CT molecular complexity index is 471. The highest BCUT2D eigenvalue weighted by Gasteiger charge is 2.36. The molecule has 0 aromatic heterocycles. The van der Waals surface area contributed by atoms with Gasteiger partial charge in [0.2, 0.25) is 0 Å². The van der Waals surface area contributed by atoms with Gasteiger partial charge in [-0.3, -0.25) is 4.79 Å². The molecular formula is C13H15BrClNO3. The lowest BCUT2D eigenvalue weighted by atomic mass is 10.2. The van der Waals surface area contributed by atoms with Crippen LogP contribution in [0, 0.1) is 0 Å². The molecule has 0 saturated carbocycles. The van der Waals surface area contributed by atoms with E-state index in [9.17, 15) is 4.79 Å². The fourth-order valence-corrected chi connectivity index (χ4v) is 2.77. The van der Waals surface area contributed by atoms with Crippen LogP contribution in [-0.2, 0) is 9.47 Å². The fourth-order valence-electron chi connectivity index (χ4n) is 2.20. The number of hydrogen-bond acceptors (Lipinski definition) is 3. The minimum Gasteiger partial charge on any atom is -0.377 e. The Labute approximate surface area is 125 Å². The average Bonchev–Trinajstić information content (AvgIpc) is 2.84. The van der Waals surface area contributed by atoms with Crippen molar-refractivity contribution in [3.05, 3.63) is 33.3 Å². The molecule has 6 heteroatoms. The number of hydrogen-bond donors (Lipinski definition) is 0. The molecule has 4 nitrogen and oxygen atoms in total. The number of likely N-dealkylation sites (tertiary alicyclic amines) is 1. The standard InChI is InChI=1S/C13H15BrClNO3/c1-18-10-6-16(7-11(10)19-2)13(17)8-4-3-5-9(14)12(8)15/h3-5,10-11H,6-7H2,1-2H3. The Hall–Kier alpha value is -0.620. The molecule has 0 bridgehead atoms. The first-order chi connectivity index (χ1) is 9.08. The van der Waals surface area contributed by atoms with Gasteiger partial charge in [-0.1, -0.05) is 17.7 Å². The number of ether oxygens (including phenoxy) is 2. The molecule has 2 unspecified atom stereocenters. The largest absolute Gasteiger partial charge is 0.377 e. The molecule has 1 aliphatic rings. The summed E-state index contributed by atoms with van der Waals surface area (Å²) in [5.74, 6) is -0.104. The van der Waals surface area contributed by atoms with Gasteiger partial charge in [-0.25, -0.2) is 0 Å². The van der Waals surface area contributed by atoms with E-state index in [1.165, 1.54) is 0 Å². The van der Waals surface area contributed by atoms with Gasteiger partial charge in [-0.15, -0.1) is 0 Å². The van der Waals surface area contributed by atoms with Crippen LogP contribution in [0.2, 0.25) is 5.02 Å². The zero-order chi connectivity index (χ0) is 14.0. The van der Waals surface area contributed by atoms with E-state index >= 15 is 0 Å². The Kier molecular flexibility index (Phi) is 4.84. The predicted molar refractivity (Wildman–Crippen MR) is 76.6 cm³/mol. The number of nitrogens with zero attached hydrogens (tertiary/aromatic N) is 1. The zero-order valence-corrected chi connectivity index (χ0v) is 13.1. The van der Waals surface area contributed by atoms with Gasteiger partial charge in [-0.05, 0) is 28.1 Å². The number of halogens is 2. The van der Waals surface area contributed by atoms with Crippen molar-refractivity contribution in [2.45, 2.75) is 12.2 Å². The maximum absolute atomic E-state index is 12.5. The number of rotatable bonds is 3. The topological polar surface area (TPSA) is 38.8 Å². The molecule has 1 saturated heterocycles. The Balaban J connectivity index is 2.19. The summed E-state index contributed by atoms with van der Waals surface area (Å²) in [5.41, 5.74) is 0.489. The van der Waals surface area contributed by atoms with E-state index in [2.05, 4.69) is 15.9 Å². The second kappa shape index (κ2) is 6.22. The second-order valence-electron chi connectivity index (χ2n) is 4.36. The molecule has 1 heterocycles. The predicted octanol–water partition coefficient (Wildman–Crippen LogP) is 2.59. The third kappa shape index (κ3) is 2.94. The number of benzene rings is 1. The van der Waals surface area contributed by atoms with E-state index in [0.717, 1.165) is 0 Å². The first-order valence-corrected chi connectivity index (χ1v) is 7.04. The first kappa shape index (κ1) is 14.8. The Morgan fingerprint density at radius 2 is 1.89 bits per heavy atom. The minimum absolute atomic E-state index is 0.0973. The summed E-state index contributed by atoms with van der Waals surface area (Å²) < 4.78 is 11.4. The molecule has 104 valence electrons. The van der Waals surface area contributed by atoms with E-state index < -0.39 is 0 Å². The van der Waals surface area contributed by atoms with Crippen molar-refractivity contribution in [3.63, 3.8) is 0 Å². The first-order valence-electron chi connectivity index (χ1n) is 5.87. The van der Waals surface area contributed by atoms with Gasteiger partial charge in [0.05, 0.1) is 10.6 Å². The quantitative estimate of drug-likeness (QED) is 0.843. The Morgan fingerprint density at radius 3 is 2.42 bits per heavy atom. The summed E-state index contributed by atoms with van der Waals surface area (Å²) >= 11 is 9.47. The lowest BCUT2D eigenvalue weighted by molar-refractivity contribution is -0.00461. The molecule has 2 atom stereocenters. The third-order valence-corrected chi connectivity index (χ3v) is 4.59. The van der Waals surface area contributed by atoms with Gasteiger partial charge in [-0.2, -0.15) is 0 Å². The highest BCUT2D eigenvalue weighted by Crippen LogP contribution is 2.28. The van der Waals surface area contributed by atoms with Crippen LogP contribution in [-0.4, -0.2) is 50.3 Å². The summed E-state index contributed by atoms with van der Waals surface area (Å²) in [7, 11) is 3.24. The van der Waals surface area contributed by atoms with Crippen LogP contribution in [0.25, 0.3) is 0 Å². The number of methoxy groups -OCH3 is 2. The van der Waals surface area contributed by atoms with Gasteiger partial charge in [0.1, 0.15) is 12.2 Å². The molecule has 1 aliphatic heterocycles. The van der Waals surface area contributed by atoms with E-state index in [-0.39, 0.29) is 18.1 Å². The SMILES string of the molecule is COC1CN(C(=O)c2cccc(Br)c2Cl)CC1OC. The van der Waals surface area contributed by atoms with Crippen LogP contribution >= 0.6 is 27.5 Å². The molecule has 1 aromatic rings. The average molecular weight is 349 g/mol. The molecule has 1 fully saturated rings. The molecule has 1 amide bonds. The number of carbonyl (C=O) groups excluding carboxylic acids is 1. The molecular weight excluding hydrogens is 334 g/mol. The highest BCUT2D eigenvalue weighted by molar-refractivity contribution is 9.10. The van der Waals surface area contributed by atoms with Crippen LogP contribution in [0.1, 0.15) is 10.4 Å². The van der Waals surface area contributed by atoms with Crippen molar-refractivity contribution >= 4 is 33.4 Å². The summed E-state index contributed by atoms with van der Waals surface area (Å²) in [4.78, 5) is 14.2. The number of amides is 1. The molecule has 0 spiro atoms. The van der Waals surface area contributed by atoms with Gasteiger partial charge in [0, 0.05) is 31.8 Å². The van der Waals surface area contributed by atoms with E-state index in [4.69, 9.17) is 21.1 Å². The molecule has 1 aromatic carbocycles. The van der Waals surface area contributed by atoms with Gasteiger partial charge in [0.15, 0.2) is 0 Å². The lowest BCUT2D eigenvalue weighted by Gasteiger charge is -2.17. The lowest BCUT2D eigenvalue weighted by Crippen LogP contribution is -2.30. The summed E-state index contributed by atoms with van der Waals surface area (Å²) in [6.07, 6.45) is -0.195. The maximum atomic E-state index is 12.5. The van der Waals surface area contributed by atoms with Crippen LogP contribution in [0.4, 0.5) is 0 Å². The van der Waals surface area contributed by atoms with E-state index in [1.807, 2.05) is 0 Å². The molecule has 19 heavy (non-hydrogen) atoms. The maximum Gasteiger partial charge on any atom is 0.255 e. The van der Waals surface area contributed by atoms with Crippen LogP contribution < -0.4 is 0 Å². The van der Waals surface area contributed by atoms with E-state index in [0.29, 0.717) is 28.1 Å². The van der Waals surface area contributed by atoms with Gasteiger partial charge in [0.25, 0.3) is 5.91 Å². The van der Waals surface area contributed by atoms with Crippen molar-refractivity contribution in [1.82, 2.24) is 4.90 Å². The Morgan fingerprint density at radius 1 is 1.32 bits per heavy atom. The highest BCUT2D eigenvalue weighted by atomic mass is 79.9. The van der Waals surface area contributed by atoms with Crippen LogP contribution in [0.15, 0.2) is 22.7 Å². The van der Waals surface area contributed by atoms with Gasteiger partial charge >= 0.3 is 0 Å². The van der Waals surface area contributed by atoms with E-state index in [1.54, 1.807) is 37.3 Å². The monoisotopic (exact) mass is 347 g/mol. The zero-order valence-electron chi connectivity index (χ0n) is 10.7. The van der Waals surface area contributed by atoms with Crippen molar-refractivity contribution in [3.8, 4) is 0 Å². The third-order valence-electron chi connectivity index (χ3n) is 3.29. The van der Waals surface area contributed by atoms with Crippen molar-refractivity contribution in [2.24, 2.45) is 0 Å².